The molecule has 0 saturated carbocycles. The minimum atomic E-state index is -4.09. The van der Waals surface area contributed by atoms with Gasteiger partial charge < -0.3 is 5.11 Å². The minimum Gasteiger partial charge on any atom is -0.508 e. The first-order chi connectivity index (χ1) is 9.29. The van der Waals surface area contributed by atoms with Crippen LogP contribution in [0.3, 0.4) is 0 Å². The lowest BCUT2D eigenvalue weighted by molar-refractivity contribution is 0.469. The van der Waals surface area contributed by atoms with Gasteiger partial charge in [-0.15, -0.1) is 0 Å². The number of hydrogen-bond donors (Lipinski definition) is 2. The van der Waals surface area contributed by atoms with Crippen molar-refractivity contribution in [3.05, 3.63) is 52.3 Å². The van der Waals surface area contributed by atoms with Gasteiger partial charge in [0.15, 0.2) is 5.82 Å². The molecule has 0 amide bonds. The first kappa shape index (κ1) is 14.9. The molecule has 2 aromatic rings. The van der Waals surface area contributed by atoms with E-state index in [9.17, 15) is 12.8 Å². The quantitative estimate of drug-likeness (QED) is 0.841. The van der Waals surface area contributed by atoms with Crippen LogP contribution in [-0.4, -0.2) is 13.5 Å². The van der Waals surface area contributed by atoms with E-state index in [0.29, 0.717) is 0 Å². The predicted octanol–water partition coefficient (Wildman–Crippen LogP) is 3.64. The number of rotatable bonds is 3. The number of sulfonamides is 1. The largest absolute Gasteiger partial charge is 0.508 e. The van der Waals surface area contributed by atoms with E-state index >= 15 is 0 Å². The summed E-state index contributed by atoms with van der Waals surface area (Å²) in [5.74, 6) is -1.22. The van der Waals surface area contributed by atoms with Crippen LogP contribution in [0.15, 0.2) is 41.3 Å². The summed E-state index contributed by atoms with van der Waals surface area (Å²) in [6.45, 7) is 0. The van der Waals surface area contributed by atoms with E-state index in [-0.39, 0.29) is 26.4 Å². The normalized spacial score (nSPS) is 11.3. The van der Waals surface area contributed by atoms with Crippen molar-refractivity contribution in [3.63, 3.8) is 0 Å². The molecule has 8 heteroatoms. The monoisotopic (exact) mass is 335 g/mol. The van der Waals surface area contributed by atoms with Crippen LogP contribution < -0.4 is 4.72 Å². The van der Waals surface area contributed by atoms with Gasteiger partial charge in [-0.2, -0.15) is 0 Å². The molecule has 2 aromatic carbocycles. The lowest BCUT2D eigenvalue weighted by Gasteiger charge is -2.10. The zero-order chi connectivity index (χ0) is 14.9. The molecule has 2 N–H and O–H groups in total. The molecule has 0 spiro atoms. The molecule has 0 saturated heterocycles. The molecule has 0 fully saturated rings. The number of halogens is 3. The molecule has 0 bridgehead atoms. The molecule has 0 aliphatic rings. The number of anilines is 1. The molecule has 0 unspecified atom stereocenters. The highest BCUT2D eigenvalue weighted by Crippen LogP contribution is 2.28. The van der Waals surface area contributed by atoms with Gasteiger partial charge in [0.25, 0.3) is 10.0 Å². The fraction of sp³-hybridized carbons (Fsp3) is 0. The molecule has 106 valence electrons. The van der Waals surface area contributed by atoms with Crippen molar-refractivity contribution in [2.75, 3.05) is 4.72 Å². The number of phenolic OH excluding ortho intramolecular Hbond substituents is 1. The summed E-state index contributed by atoms with van der Waals surface area (Å²) in [6.07, 6.45) is 0. The third kappa shape index (κ3) is 3.15. The Labute approximate surface area is 124 Å². The van der Waals surface area contributed by atoms with E-state index in [1.807, 2.05) is 4.72 Å². The smallest absolute Gasteiger partial charge is 0.263 e. The summed E-state index contributed by atoms with van der Waals surface area (Å²) in [5.41, 5.74) is -0.307. The molecule has 0 atom stereocenters. The Morgan fingerprint density at radius 3 is 2.45 bits per heavy atom. The Kier molecular flexibility index (Phi) is 4.08. The van der Waals surface area contributed by atoms with Crippen molar-refractivity contribution in [1.29, 1.82) is 0 Å². The van der Waals surface area contributed by atoms with Crippen LogP contribution in [0.2, 0.25) is 10.0 Å². The van der Waals surface area contributed by atoms with E-state index < -0.39 is 15.8 Å². The van der Waals surface area contributed by atoms with Gasteiger partial charge in [0.1, 0.15) is 10.6 Å². The van der Waals surface area contributed by atoms with Crippen LogP contribution in [0.25, 0.3) is 0 Å². The third-order valence-corrected chi connectivity index (χ3v) is 4.46. The van der Waals surface area contributed by atoms with Crippen LogP contribution in [-0.2, 0) is 10.0 Å². The highest BCUT2D eigenvalue weighted by atomic mass is 35.5. The van der Waals surface area contributed by atoms with Gasteiger partial charge in [0, 0.05) is 11.1 Å². The third-order valence-electron chi connectivity index (χ3n) is 2.38. The zero-order valence-electron chi connectivity index (χ0n) is 9.77. The maximum atomic E-state index is 13.5. The second-order valence-electron chi connectivity index (χ2n) is 3.84. The lowest BCUT2D eigenvalue weighted by atomic mass is 10.3. The Morgan fingerprint density at radius 2 is 1.80 bits per heavy atom. The van der Waals surface area contributed by atoms with Crippen LogP contribution in [0, 0.1) is 5.82 Å². The Bertz CT molecular complexity index is 765. The van der Waals surface area contributed by atoms with Crippen molar-refractivity contribution in [3.8, 4) is 5.75 Å². The fourth-order valence-corrected chi connectivity index (χ4v) is 3.30. The predicted molar refractivity (Wildman–Crippen MR) is 75.3 cm³/mol. The molecule has 0 aliphatic carbocycles. The van der Waals surface area contributed by atoms with Crippen LogP contribution >= 0.6 is 23.2 Å². The van der Waals surface area contributed by atoms with Gasteiger partial charge in [0.2, 0.25) is 0 Å². The molecule has 4 nitrogen and oxygen atoms in total. The van der Waals surface area contributed by atoms with Crippen LogP contribution in [0.5, 0.6) is 5.75 Å². The average Bonchev–Trinajstić information content (AvgIpc) is 2.35. The maximum Gasteiger partial charge on any atom is 0.263 e. The minimum absolute atomic E-state index is 0.0407. The van der Waals surface area contributed by atoms with Gasteiger partial charge in [-0.25, -0.2) is 12.8 Å². The number of aromatic hydroxyl groups is 1. The molecular formula is C12H8Cl2FNO3S. The molecular weight excluding hydrogens is 328 g/mol. The van der Waals surface area contributed by atoms with E-state index in [1.54, 1.807) is 0 Å². The Balaban J connectivity index is 2.43. The van der Waals surface area contributed by atoms with Gasteiger partial charge in [-0.3, -0.25) is 4.72 Å². The van der Waals surface area contributed by atoms with Crippen LogP contribution in [0.1, 0.15) is 0 Å². The van der Waals surface area contributed by atoms with E-state index in [1.165, 1.54) is 12.1 Å². The summed E-state index contributed by atoms with van der Waals surface area (Å²) in [5, 5.41) is 9.22. The van der Waals surface area contributed by atoms with Crippen molar-refractivity contribution < 1.29 is 17.9 Å². The number of benzene rings is 2. The number of nitrogens with one attached hydrogen (secondary N) is 1. The Hall–Kier alpha value is -1.50. The zero-order valence-corrected chi connectivity index (χ0v) is 12.1. The molecule has 20 heavy (non-hydrogen) atoms. The standard InChI is InChI=1S/C12H8Cl2FNO3S/c13-7-1-3-9(14)12(5-7)20(18,19)16-11-4-2-8(17)6-10(11)15/h1-6,16-17H. The van der Waals surface area contributed by atoms with Gasteiger partial charge in [-0.05, 0) is 30.3 Å². The summed E-state index contributed by atoms with van der Waals surface area (Å²) < 4.78 is 39.8. The van der Waals surface area contributed by atoms with Crippen molar-refractivity contribution >= 4 is 38.9 Å². The summed E-state index contributed by atoms with van der Waals surface area (Å²) in [7, 11) is -4.09. The summed E-state index contributed by atoms with van der Waals surface area (Å²) >= 11 is 11.5. The molecule has 0 heterocycles. The van der Waals surface area contributed by atoms with E-state index in [2.05, 4.69) is 0 Å². The lowest BCUT2D eigenvalue weighted by Crippen LogP contribution is -2.14. The first-order valence-electron chi connectivity index (χ1n) is 5.26. The SMILES string of the molecule is O=S(=O)(Nc1ccc(O)cc1F)c1cc(Cl)ccc1Cl. The molecule has 0 radical (unpaired) electrons. The summed E-state index contributed by atoms with van der Waals surface area (Å²) in [4.78, 5) is -0.265. The number of hydrogen-bond acceptors (Lipinski definition) is 3. The summed E-state index contributed by atoms with van der Waals surface area (Å²) in [6, 6.07) is 6.96. The van der Waals surface area contributed by atoms with Gasteiger partial charge in [0.05, 0.1) is 10.7 Å². The second-order valence-corrected chi connectivity index (χ2v) is 6.34. The van der Waals surface area contributed by atoms with Crippen molar-refractivity contribution in [2.45, 2.75) is 4.90 Å². The highest BCUT2D eigenvalue weighted by Gasteiger charge is 2.20. The average molecular weight is 336 g/mol. The van der Waals surface area contributed by atoms with Gasteiger partial charge >= 0.3 is 0 Å². The van der Waals surface area contributed by atoms with Crippen molar-refractivity contribution in [1.82, 2.24) is 0 Å². The van der Waals surface area contributed by atoms with Crippen molar-refractivity contribution in [2.24, 2.45) is 0 Å². The number of phenols is 1. The fourth-order valence-electron chi connectivity index (χ4n) is 1.47. The topological polar surface area (TPSA) is 66.4 Å². The highest BCUT2D eigenvalue weighted by molar-refractivity contribution is 7.92. The molecule has 0 aliphatic heterocycles. The second kappa shape index (κ2) is 5.47. The van der Waals surface area contributed by atoms with Gasteiger partial charge in [-0.1, -0.05) is 23.2 Å². The molecule has 2 rings (SSSR count). The molecule has 0 aromatic heterocycles. The van der Waals surface area contributed by atoms with E-state index in [4.69, 9.17) is 28.3 Å². The van der Waals surface area contributed by atoms with Crippen LogP contribution in [0.4, 0.5) is 10.1 Å². The Morgan fingerprint density at radius 1 is 1.10 bits per heavy atom. The maximum absolute atomic E-state index is 13.5. The first-order valence-corrected chi connectivity index (χ1v) is 7.50. The van der Waals surface area contributed by atoms with E-state index in [0.717, 1.165) is 24.3 Å².